The predicted molar refractivity (Wildman–Crippen MR) is 93.8 cm³/mol. The number of nitrogens with one attached hydrogen (secondary N) is 1. The molecular weight excluding hydrogens is 320 g/mol. The van der Waals surface area contributed by atoms with E-state index in [0.717, 1.165) is 19.4 Å². The van der Waals surface area contributed by atoms with Crippen molar-refractivity contribution in [2.45, 2.75) is 18.9 Å². The highest BCUT2D eigenvalue weighted by molar-refractivity contribution is 6.04. The normalized spacial score (nSPS) is 16.4. The highest BCUT2D eigenvalue weighted by Gasteiger charge is 2.16. The molecule has 0 spiro atoms. The van der Waals surface area contributed by atoms with Crippen LogP contribution >= 0.6 is 0 Å². The SMILES string of the molecule is NC(=O)c1ccc(NC(=O)c2ccc(OC[C@H]3CCCO3)cc2)cc1. The van der Waals surface area contributed by atoms with E-state index < -0.39 is 5.91 Å². The molecule has 2 aromatic carbocycles. The zero-order chi connectivity index (χ0) is 17.6. The number of benzene rings is 2. The smallest absolute Gasteiger partial charge is 0.255 e. The molecule has 0 radical (unpaired) electrons. The molecule has 25 heavy (non-hydrogen) atoms. The maximum Gasteiger partial charge on any atom is 0.255 e. The number of rotatable bonds is 6. The molecule has 1 aliphatic rings. The second-order valence-electron chi connectivity index (χ2n) is 5.87. The van der Waals surface area contributed by atoms with Crippen molar-refractivity contribution < 1.29 is 19.1 Å². The molecule has 1 heterocycles. The molecule has 1 atom stereocenters. The zero-order valence-corrected chi connectivity index (χ0v) is 13.7. The third-order valence-corrected chi connectivity index (χ3v) is 4.00. The lowest BCUT2D eigenvalue weighted by Gasteiger charge is -2.12. The van der Waals surface area contributed by atoms with Crippen LogP contribution in [0.4, 0.5) is 5.69 Å². The van der Waals surface area contributed by atoms with E-state index >= 15 is 0 Å². The van der Waals surface area contributed by atoms with Crippen LogP contribution in [0.25, 0.3) is 0 Å². The Balaban J connectivity index is 1.55. The minimum absolute atomic E-state index is 0.159. The molecule has 0 saturated carbocycles. The Hall–Kier alpha value is -2.86. The minimum atomic E-state index is -0.503. The van der Waals surface area contributed by atoms with Crippen LogP contribution in [0, 0.1) is 0 Å². The van der Waals surface area contributed by atoms with Crippen molar-refractivity contribution in [1.82, 2.24) is 0 Å². The molecule has 0 bridgehead atoms. The average molecular weight is 340 g/mol. The molecule has 0 aliphatic carbocycles. The molecule has 3 N–H and O–H groups in total. The first kappa shape index (κ1) is 17.0. The number of hydrogen-bond donors (Lipinski definition) is 2. The molecule has 1 fully saturated rings. The van der Waals surface area contributed by atoms with Crippen LogP contribution in [-0.4, -0.2) is 31.1 Å². The van der Waals surface area contributed by atoms with Crippen LogP contribution in [0.5, 0.6) is 5.75 Å². The monoisotopic (exact) mass is 340 g/mol. The first-order valence-corrected chi connectivity index (χ1v) is 8.17. The third kappa shape index (κ3) is 4.58. The number of nitrogens with two attached hydrogens (primary N) is 1. The van der Waals surface area contributed by atoms with Gasteiger partial charge in [0.2, 0.25) is 5.91 Å². The molecule has 3 rings (SSSR count). The first-order valence-electron chi connectivity index (χ1n) is 8.17. The van der Waals surface area contributed by atoms with Crippen LogP contribution in [0.2, 0.25) is 0 Å². The van der Waals surface area contributed by atoms with E-state index in [1.807, 2.05) is 0 Å². The lowest BCUT2D eigenvalue weighted by molar-refractivity contribution is 0.0679. The van der Waals surface area contributed by atoms with Gasteiger partial charge in [-0.3, -0.25) is 9.59 Å². The summed E-state index contributed by atoms with van der Waals surface area (Å²) in [5, 5.41) is 2.77. The number of hydrogen-bond acceptors (Lipinski definition) is 4. The first-order chi connectivity index (χ1) is 12.1. The summed E-state index contributed by atoms with van der Waals surface area (Å²) >= 11 is 0. The number of primary amides is 1. The van der Waals surface area contributed by atoms with E-state index in [1.165, 1.54) is 0 Å². The number of anilines is 1. The van der Waals surface area contributed by atoms with E-state index in [4.69, 9.17) is 15.2 Å². The Morgan fingerprint density at radius 1 is 1.08 bits per heavy atom. The van der Waals surface area contributed by atoms with Crippen molar-refractivity contribution in [3.8, 4) is 5.75 Å². The number of carbonyl (C=O) groups excluding carboxylic acids is 2. The second kappa shape index (κ2) is 7.81. The fourth-order valence-electron chi connectivity index (χ4n) is 2.59. The van der Waals surface area contributed by atoms with E-state index in [2.05, 4.69) is 5.32 Å². The van der Waals surface area contributed by atoms with Gasteiger partial charge in [-0.25, -0.2) is 0 Å². The number of ether oxygens (including phenoxy) is 2. The van der Waals surface area contributed by atoms with Crippen LogP contribution in [0.3, 0.4) is 0 Å². The van der Waals surface area contributed by atoms with Gasteiger partial charge in [-0.05, 0) is 61.4 Å². The van der Waals surface area contributed by atoms with Gasteiger partial charge in [-0.1, -0.05) is 0 Å². The number of carbonyl (C=O) groups is 2. The lowest BCUT2D eigenvalue weighted by Crippen LogP contribution is -2.16. The van der Waals surface area contributed by atoms with Gasteiger partial charge in [0.05, 0.1) is 6.10 Å². The molecule has 2 aromatic rings. The molecule has 6 nitrogen and oxygen atoms in total. The highest BCUT2D eigenvalue weighted by atomic mass is 16.5. The van der Waals surface area contributed by atoms with Crippen molar-refractivity contribution >= 4 is 17.5 Å². The van der Waals surface area contributed by atoms with Crippen molar-refractivity contribution in [3.05, 3.63) is 59.7 Å². The van der Waals surface area contributed by atoms with Crippen LogP contribution in [-0.2, 0) is 4.74 Å². The topological polar surface area (TPSA) is 90.7 Å². The van der Waals surface area contributed by atoms with E-state index in [1.54, 1.807) is 48.5 Å². The Labute approximate surface area is 145 Å². The second-order valence-corrected chi connectivity index (χ2v) is 5.87. The highest BCUT2D eigenvalue weighted by Crippen LogP contribution is 2.17. The van der Waals surface area contributed by atoms with E-state index in [-0.39, 0.29) is 12.0 Å². The van der Waals surface area contributed by atoms with Gasteiger partial charge in [0.1, 0.15) is 12.4 Å². The summed E-state index contributed by atoms with van der Waals surface area (Å²) in [5.74, 6) is -0.0353. The molecule has 130 valence electrons. The van der Waals surface area contributed by atoms with Crippen LogP contribution in [0.1, 0.15) is 33.6 Å². The minimum Gasteiger partial charge on any atom is -0.491 e. The Morgan fingerprint density at radius 2 is 1.76 bits per heavy atom. The van der Waals surface area contributed by atoms with Gasteiger partial charge in [0.15, 0.2) is 0 Å². The van der Waals surface area contributed by atoms with Crippen molar-refractivity contribution in [3.63, 3.8) is 0 Å². The summed E-state index contributed by atoms with van der Waals surface area (Å²) < 4.78 is 11.2. The summed E-state index contributed by atoms with van der Waals surface area (Å²) in [4.78, 5) is 23.3. The van der Waals surface area contributed by atoms with Gasteiger partial charge in [-0.15, -0.1) is 0 Å². The van der Waals surface area contributed by atoms with Gasteiger partial charge >= 0.3 is 0 Å². The molecule has 1 aliphatic heterocycles. The summed E-state index contributed by atoms with van der Waals surface area (Å²) in [6.07, 6.45) is 2.26. The summed E-state index contributed by atoms with van der Waals surface area (Å²) in [7, 11) is 0. The fraction of sp³-hybridized carbons (Fsp3) is 0.263. The van der Waals surface area contributed by atoms with E-state index in [9.17, 15) is 9.59 Å². The van der Waals surface area contributed by atoms with Crippen molar-refractivity contribution in [1.29, 1.82) is 0 Å². The maximum atomic E-state index is 12.2. The van der Waals surface area contributed by atoms with Crippen LogP contribution in [0.15, 0.2) is 48.5 Å². The standard InChI is InChI=1S/C19H20N2O4/c20-18(22)13-3-7-15(8-4-13)21-19(23)14-5-9-16(10-6-14)25-12-17-2-1-11-24-17/h3-10,17H,1-2,11-12H2,(H2,20,22)(H,21,23)/t17-/m1/s1. The largest absolute Gasteiger partial charge is 0.491 e. The summed E-state index contributed by atoms with van der Waals surface area (Å²) in [6.45, 7) is 1.32. The van der Waals surface area contributed by atoms with Gasteiger partial charge in [0, 0.05) is 23.4 Å². The molecule has 0 unspecified atom stereocenters. The Kier molecular flexibility index (Phi) is 5.30. The maximum absolute atomic E-state index is 12.2. The van der Waals surface area contributed by atoms with E-state index in [0.29, 0.717) is 29.2 Å². The third-order valence-electron chi connectivity index (χ3n) is 4.00. The quantitative estimate of drug-likeness (QED) is 0.846. The molecule has 1 saturated heterocycles. The zero-order valence-electron chi connectivity index (χ0n) is 13.7. The molecular formula is C19H20N2O4. The molecule has 2 amide bonds. The fourth-order valence-corrected chi connectivity index (χ4v) is 2.59. The van der Waals surface area contributed by atoms with Crippen molar-refractivity contribution in [2.24, 2.45) is 5.73 Å². The predicted octanol–water partition coefficient (Wildman–Crippen LogP) is 2.60. The van der Waals surface area contributed by atoms with Gasteiger partial charge in [0.25, 0.3) is 5.91 Å². The molecule has 0 aromatic heterocycles. The average Bonchev–Trinajstić information content (AvgIpc) is 3.14. The van der Waals surface area contributed by atoms with Gasteiger partial charge < -0.3 is 20.5 Å². The van der Waals surface area contributed by atoms with Crippen LogP contribution < -0.4 is 15.8 Å². The lowest BCUT2D eigenvalue weighted by atomic mass is 10.1. The number of amides is 2. The summed E-state index contributed by atoms with van der Waals surface area (Å²) in [6, 6.07) is 13.4. The Bertz CT molecular complexity index is 735. The Morgan fingerprint density at radius 3 is 2.36 bits per heavy atom. The van der Waals surface area contributed by atoms with Gasteiger partial charge in [-0.2, -0.15) is 0 Å². The summed E-state index contributed by atoms with van der Waals surface area (Å²) in [5.41, 5.74) is 6.69. The van der Waals surface area contributed by atoms with Crippen molar-refractivity contribution in [2.75, 3.05) is 18.5 Å². The molecule has 6 heteroatoms.